The molecule has 2 rings (SSSR count). The summed E-state index contributed by atoms with van der Waals surface area (Å²) in [6, 6.07) is 10.9. The Morgan fingerprint density at radius 3 is 2.53 bits per heavy atom. The van der Waals surface area contributed by atoms with Crippen LogP contribution in [0.3, 0.4) is 0 Å². The average Bonchev–Trinajstić information content (AvgIpc) is 2.29. The van der Waals surface area contributed by atoms with Gasteiger partial charge in [-0.05, 0) is 32.3 Å². The van der Waals surface area contributed by atoms with Crippen molar-refractivity contribution in [1.29, 1.82) is 0 Å². The van der Waals surface area contributed by atoms with Gasteiger partial charge in [0.25, 0.3) is 0 Å². The summed E-state index contributed by atoms with van der Waals surface area (Å²) in [5.41, 5.74) is 5.77. The van der Waals surface area contributed by atoms with Crippen molar-refractivity contribution in [3.05, 3.63) is 35.9 Å². The Morgan fingerprint density at radius 1 is 1.24 bits per heavy atom. The highest BCUT2D eigenvalue weighted by molar-refractivity contribution is 5.26. The Kier molecular flexibility index (Phi) is 3.55. The van der Waals surface area contributed by atoms with E-state index in [1.54, 1.807) is 0 Å². The van der Waals surface area contributed by atoms with E-state index in [4.69, 9.17) is 4.74 Å². The summed E-state index contributed by atoms with van der Waals surface area (Å²) in [5.74, 6) is 0. The second-order valence-corrected chi connectivity index (χ2v) is 5.78. The van der Waals surface area contributed by atoms with Crippen molar-refractivity contribution in [3.8, 4) is 0 Å². The molecule has 1 aliphatic rings. The van der Waals surface area contributed by atoms with Crippen molar-refractivity contribution < 1.29 is 10.5 Å². The van der Waals surface area contributed by atoms with Crippen LogP contribution in [0.25, 0.3) is 0 Å². The second kappa shape index (κ2) is 4.79. The van der Waals surface area contributed by atoms with Crippen LogP contribution in [0.15, 0.2) is 30.3 Å². The van der Waals surface area contributed by atoms with E-state index in [0.29, 0.717) is 0 Å². The average molecular weight is 234 g/mol. The lowest BCUT2D eigenvalue weighted by Gasteiger charge is -2.45. The zero-order chi connectivity index (χ0) is 12.4. The summed E-state index contributed by atoms with van der Waals surface area (Å²) in [5, 5.41) is 0. The van der Waals surface area contributed by atoms with Crippen LogP contribution < -0.4 is 5.73 Å². The molecule has 0 unspecified atom stereocenters. The Labute approximate surface area is 104 Å². The van der Waals surface area contributed by atoms with Crippen molar-refractivity contribution in [2.45, 2.75) is 44.1 Å². The molecule has 0 bridgehead atoms. The summed E-state index contributed by atoms with van der Waals surface area (Å²) < 4.78 is 5.87. The van der Waals surface area contributed by atoms with E-state index in [1.807, 2.05) is 0 Å². The normalized spacial score (nSPS) is 27.9. The number of ether oxygens (including phenoxy) is 1. The first kappa shape index (κ1) is 12.6. The van der Waals surface area contributed by atoms with E-state index >= 15 is 0 Å². The minimum absolute atomic E-state index is 0.0107. The van der Waals surface area contributed by atoms with Gasteiger partial charge < -0.3 is 10.5 Å². The van der Waals surface area contributed by atoms with Crippen molar-refractivity contribution in [2.75, 3.05) is 13.2 Å². The van der Waals surface area contributed by atoms with Crippen LogP contribution in [0.5, 0.6) is 0 Å². The van der Waals surface area contributed by atoms with E-state index < -0.39 is 0 Å². The third-order valence-electron chi connectivity index (χ3n) is 3.88. The molecule has 0 saturated carbocycles. The van der Waals surface area contributed by atoms with Gasteiger partial charge >= 0.3 is 0 Å². The molecule has 1 fully saturated rings. The van der Waals surface area contributed by atoms with E-state index in [9.17, 15) is 0 Å². The van der Waals surface area contributed by atoms with Crippen molar-refractivity contribution in [3.63, 3.8) is 0 Å². The second-order valence-electron chi connectivity index (χ2n) is 5.78. The van der Waals surface area contributed by atoms with Crippen LogP contribution in [-0.4, -0.2) is 18.8 Å². The molecule has 3 N–H and O–H groups in total. The fourth-order valence-corrected chi connectivity index (χ4v) is 3.21. The Morgan fingerprint density at radius 2 is 1.94 bits per heavy atom. The number of benzene rings is 1. The fourth-order valence-electron chi connectivity index (χ4n) is 3.21. The van der Waals surface area contributed by atoms with Gasteiger partial charge in [0.15, 0.2) is 0 Å². The van der Waals surface area contributed by atoms with Gasteiger partial charge in [0.2, 0.25) is 0 Å². The maximum Gasteiger partial charge on any atom is 0.0748 e. The minimum Gasteiger partial charge on any atom is -0.376 e. The van der Waals surface area contributed by atoms with Gasteiger partial charge in [0, 0.05) is 18.4 Å². The molecule has 1 saturated heterocycles. The molecule has 0 aliphatic carbocycles. The smallest absolute Gasteiger partial charge is 0.0748 e. The Hall–Kier alpha value is -0.860. The molecule has 17 heavy (non-hydrogen) atoms. The highest BCUT2D eigenvalue weighted by atomic mass is 16.5. The Bertz CT molecular complexity index is 356. The lowest BCUT2D eigenvalue weighted by molar-refractivity contribution is -0.372. The quantitative estimate of drug-likeness (QED) is 0.855. The van der Waals surface area contributed by atoms with E-state index in [1.165, 1.54) is 5.56 Å². The molecule has 0 radical (unpaired) electrons. The van der Waals surface area contributed by atoms with Gasteiger partial charge in [0.05, 0.1) is 12.1 Å². The third kappa shape index (κ3) is 2.70. The Balaban J connectivity index is 2.32. The predicted octanol–water partition coefficient (Wildman–Crippen LogP) is 2.15. The lowest BCUT2D eigenvalue weighted by Crippen LogP contribution is -2.55. The van der Waals surface area contributed by atoms with Gasteiger partial charge in [-0.1, -0.05) is 30.3 Å². The van der Waals surface area contributed by atoms with Crippen LogP contribution in [0, 0.1) is 0 Å². The van der Waals surface area contributed by atoms with Crippen LogP contribution in [0.1, 0.15) is 38.7 Å². The first-order chi connectivity index (χ1) is 8.08. The molecule has 1 aliphatic heterocycles. The van der Waals surface area contributed by atoms with Gasteiger partial charge in [-0.3, -0.25) is 0 Å². The number of quaternary nitrogens is 1. The molecular weight excluding hydrogens is 210 g/mol. The van der Waals surface area contributed by atoms with E-state index in [-0.39, 0.29) is 11.0 Å². The molecule has 1 aromatic carbocycles. The molecule has 2 heteroatoms. The molecule has 0 aromatic heterocycles. The maximum absolute atomic E-state index is 5.87. The summed E-state index contributed by atoms with van der Waals surface area (Å²) in [6.07, 6.45) is 3.37. The maximum atomic E-state index is 5.87. The fraction of sp³-hybridized carbons (Fsp3) is 0.600. The predicted molar refractivity (Wildman–Crippen MR) is 69.8 cm³/mol. The minimum atomic E-state index is -0.0107. The molecule has 1 aromatic rings. The van der Waals surface area contributed by atoms with Crippen LogP contribution >= 0.6 is 0 Å². The third-order valence-corrected chi connectivity index (χ3v) is 3.88. The summed E-state index contributed by atoms with van der Waals surface area (Å²) in [6.45, 7) is 6.26. The zero-order valence-electron chi connectivity index (χ0n) is 11.0. The summed E-state index contributed by atoms with van der Waals surface area (Å²) >= 11 is 0. The van der Waals surface area contributed by atoms with Gasteiger partial charge in [-0.2, -0.15) is 0 Å². The summed E-state index contributed by atoms with van der Waals surface area (Å²) in [4.78, 5) is 0. The van der Waals surface area contributed by atoms with Crippen LogP contribution in [0.2, 0.25) is 0 Å². The standard InChI is InChI=1S/C15H23NO/c1-14(2)12-15(8-10-16,9-11-17-14)13-6-4-3-5-7-13/h3-7H,8-12,16H2,1-2H3/p+1/t15-/m0/s1. The van der Waals surface area contributed by atoms with Crippen LogP contribution in [0.4, 0.5) is 0 Å². The molecule has 0 spiro atoms. The van der Waals surface area contributed by atoms with Crippen LogP contribution in [-0.2, 0) is 10.2 Å². The van der Waals surface area contributed by atoms with Gasteiger partial charge in [0.1, 0.15) is 0 Å². The lowest BCUT2D eigenvalue weighted by atomic mass is 9.67. The van der Waals surface area contributed by atoms with Crippen molar-refractivity contribution >= 4 is 0 Å². The zero-order valence-corrected chi connectivity index (χ0v) is 11.0. The highest BCUT2D eigenvalue weighted by Crippen LogP contribution is 2.43. The molecule has 94 valence electrons. The first-order valence-electron chi connectivity index (χ1n) is 6.57. The van der Waals surface area contributed by atoms with E-state index in [2.05, 4.69) is 49.9 Å². The molecule has 2 nitrogen and oxygen atoms in total. The number of hydrogen-bond acceptors (Lipinski definition) is 1. The summed E-state index contributed by atoms with van der Waals surface area (Å²) in [7, 11) is 0. The SMILES string of the molecule is CC1(C)C[C@@](CC[NH3+])(c2ccccc2)CCO1. The molecule has 1 atom stereocenters. The topological polar surface area (TPSA) is 36.9 Å². The first-order valence-corrected chi connectivity index (χ1v) is 6.57. The molecule has 1 heterocycles. The molecule has 0 amide bonds. The highest BCUT2D eigenvalue weighted by Gasteiger charge is 2.41. The number of hydrogen-bond donors (Lipinski definition) is 1. The van der Waals surface area contributed by atoms with Crippen molar-refractivity contribution in [2.24, 2.45) is 0 Å². The van der Waals surface area contributed by atoms with Crippen molar-refractivity contribution in [1.82, 2.24) is 0 Å². The van der Waals surface area contributed by atoms with Gasteiger partial charge in [-0.15, -0.1) is 0 Å². The monoisotopic (exact) mass is 234 g/mol. The largest absolute Gasteiger partial charge is 0.376 e. The van der Waals surface area contributed by atoms with Gasteiger partial charge in [-0.25, -0.2) is 0 Å². The van der Waals surface area contributed by atoms with E-state index in [0.717, 1.165) is 32.4 Å². The molecular formula is C15H24NO+. The number of rotatable bonds is 3.